The van der Waals surface area contributed by atoms with Gasteiger partial charge < -0.3 is 4.90 Å². The van der Waals surface area contributed by atoms with Gasteiger partial charge in [0.1, 0.15) is 6.67 Å². The van der Waals surface area contributed by atoms with E-state index in [2.05, 4.69) is 31.9 Å². The lowest BCUT2D eigenvalue weighted by Crippen LogP contribution is -2.39. The fourth-order valence-corrected chi connectivity index (χ4v) is 2.63. The van der Waals surface area contributed by atoms with Crippen LogP contribution in [0.5, 0.6) is 0 Å². The van der Waals surface area contributed by atoms with Crippen molar-refractivity contribution in [2.24, 2.45) is 0 Å². The number of rotatable bonds is 1. The van der Waals surface area contributed by atoms with E-state index in [-0.39, 0.29) is 12.1 Å². The molecule has 2 heteroatoms. The first-order valence-electron chi connectivity index (χ1n) is 5.40. The topological polar surface area (TPSA) is 3.24 Å². The van der Waals surface area contributed by atoms with Crippen molar-refractivity contribution in [1.29, 1.82) is 0 Å². The Morgan fingerprint density at radius 1 is 1.40 bits per heavy atom. The summed E-state index contributed by atoms with van der Waals surface area (Å²) in [5.74, 6) is 0. The summed E-state index contributed by atoms with van der Waals surface area (Å²) in [4.78, 5) is 2.30. The van der Waals surface area contributed by atoms with Crippen molar-refractivity contribution in [3.05, 3.63) is 34.9 Å². The van der Waals surface area contributed by atoms with Gasteiger partial charge >= 0.3 is 0 Å². The fourth-order valence-electron chi connectivity index (χ4n) is 2.63. The van der Waals surface area contributed by atoms with E-state index < -0.39 is 0 Å². The standard InChI is InChI=1S/C13H18FN/c1-13(2)9-15(3)8-11-6-10(7-14)4-5-12(11)13/h4-6H,7-9H2,1-3H3. The highest BCUT2D eigenvalue weighted by Gasteiger charge is 2.29. The lowest BCUT2D eigenvalue weighted by Gasteiger charge is -2.38. The number of nitrogens with zero attached hydrogens (tertiary/aromatic N) is 1. The van der Waals surface area contributed by atoms with E-state index in [9.17, 15) is 4.39 Å². The van der Waals surface area contributed by atoms with Crippen LogP contribution in [0, 0.1) is 0 Å². The molecule has 1 nitrogen and oxygen atoms in total. The van der Waals surface area contributed by atoms with Crippen LogP contribution in [0.3, 0.4) is 0 Å². The van der Waals surface area contributed by atoms with Gasteiger partial charge in [-0.1, -0.05) is 32.0 Å². The Bertz CT molecular complexity index is 371. The Morgan fingerprint density at radius 2 is 2.13 bits per heavy atom. The van der Waals surface area contributed by atoms with E-state index in [1.54, 1.807) is 0 Å². The van der Waals surface area contributed by atoms with E-state index in [4.69, 9.17) is 0 Å². The SMILES string of the molecule is CN1Cc2cc(CF)ccc2C(C)(C)C1. The predicted molar refractivity (Wildman–Crippen MR) is 60.6 cm³/mol. The Hall–Kier alpha value is -0.890. The van der Waals surface area contributed by atoms with Gasteiger partial charge in [-0.25, -0.2) is 4.39 Å². The quantitative estimate of drug-likeness (QED) is 0.684. The average molecular weight is 207 g/mol. The fraction of sp³-hybridized carbons (Fsp3) is 0.538. The van der Waals surface area contributed by atoms with Gasteiger partial charge in [-0.3, -0.25) is 0 Å². The van der Waals surface area contributed by atoms with Crippen molar-refractivity contribution >= 4 is 0 Å². The maximum absolute atomic E-state index is 12.6. The first-order chi connectivity index (χ1) is 7.03. The molecular weight excluding hydrogens is 189 g/mol. The largest absolute Gasteiger partial charge is 0.301 e. The minimum Gasteiger partial charge on any atom is -0.301 e. The van der Waals surface area contributed by atoms with Crippen LogP contribution >= 0.6 is 0 Å². The van der Waals surface area contributed by atoms with Gasteiger partial charge in [-0.15, -0.1) is 0 Å². The zero-order valence-corrected chi connectivity index (χ0v) is 9.68. The molecule has 0 saturated carbocycles. The molecule has 0 spiro atoms. The summed E-state index contributed by atoms with van der Waals surface area (Å²) in [7, 11) is 2.12. The van der Waals surface area contributed by atoms with Crippen molar-refractivity contribution in [1.82, 2.24) is 4.90 Å². The number of alkyl halides is 1. The third-order valence-electron chi connectivity index (χ3n) is 3.16. The number of benzene rings is 1. The molecule has 0 amide bonds. The second-order valence-electron chi connectivity index (χ2n) is 5.18. The number of hydrogen-bond donors (Lipinski definition) is 0. The molecule has 0 aromatic heterocycles. The summed E-state index contributed by atoms with van der Waals surface area (Å²) in [6.45, 7) is 6.13. The van der Waals surface area contributed by atoms with Crippen molar-refractivity contribution in [2.45, 2.75) is 32.5 Å². The molecule has 0 saturated heterocycles. The Morgan fingerprint density at radius 3 is 2.80 bits per heavy atom. The minimum absolute atomic E-state index is 0.178. The molecular formula is C13H18FN. The van der Waals surface area contributed by atoms with Gasteiger partial charge in [0.05, 0.1) is 0 Å². The second kappa shape index (κ2) is 3.60. The molecule has 0 aliphatic carbocycles. The maximum Gasteiger partial charge on any atom is 0.115 e. The van der Waals surface area contributed by atoms with Gasteiger partial charge in [-0.05, 0) is 23.7 Å². The molecule has 1 aromatic rings. The van der Waals surface area contributed by atoms with E-state index in [1.807, 2.05) is 12.1 Å². The van der Waals surface area contributed by atoms with Crippen LogP contribution in [-0.2, 0) is 18.6 Å². The predicted octanol–water partition coefficient (Wildman–Crippen LogP) is 2.88. The second-order valence-corrected chi connectivity index (χ2v) is 5.18. The van der Waals surface area contributed by atoms with Crippen molar-refractivity contribution < 1.29 is 4.39 Å². The number of likely N-dealkylation sites (N-methyl/N-ethyl adjacent to an activating group) is 1. The molecule has 0 fully saturated rings. The third-order valence-corrected chi connectivity index (χ3v) is 3.16. The van der Waals surface area contributed by atoms with Gasteiger partial charge in [0, 0.05) is 18.5 Å². The molecule has 0 N–H and O–H groups in total. The molecule has 0 atom stereocenters. The summed E-state index contributed by atoms with van der Waals surface area (Å²) >= 11 is 0. The average Bonchev–Trinajstić information content (AvgIpc) is 2.15. The van der Waals surface area contributed by atoms with Gasteiger partial charge in [0.25, 0.3) is 0 Å². The van der Waals surface area contributed by atoms with E-state index in [1.165, 1.54) is 11.1 Å². The normalized spacial score (nSPS) is 20.0. The number of fused-ring (bicyclic) bond motifs is 1. The van der Waals surface area contributed by atoms with Crippen LogP contribution < -0.4 is 0 Å². The molecule has 0 bridgehead atoms. The van der Waals surface area contributed by atoms with Gasteiger partial charge in [-0.2, -0.15) is 0 Å². The smallest absolute Gasteiger partial charge is 0.115 e. The van der Waals surface area contributed by atoms with E-state index >= 15 is 0 Å². The first kappa shape index (κ1) is 10.6. The summed E-state index contributed by atoms with van der Waals surface area (Å²) < 4.78 is 12.6. The molecule has 15 heavy (non-hydrogen) atoms. The van der Waals surface area contributed by atoms with Crippen LogP contribution in [0.15, 0.2) is 18.2 Å². The highest BCUT2D eigenvalue weighted by atomic mass is 19.1. The zero-order valence-electron chi connectivity index (χ0n) is 9.68. The number of halogens is 1. The lowest BCUT2D eigenvalue weighted by atomic mass is 9.78. The van der Waals surface area contributed by atoms with Gasteiger partial charge in [0.2, 0.25) is 0 Å². The molecule has 1 heterocycles. The zero-order chi connectivity index (χ0) is 11.1. The molecule has 1 aliphatic heterocycles. The summed E-state index contributed by atoms with van der Waals surface area (Å²) in [5, 5.41) is 0. The highest BCUT2D eigenvalue weighted by molar-refractivity contribution is 5.38. The highest BCUT2D eigenvalue weighted by Crippen LogP contribution is 2.33. The van der Waals surface area contributed by atoms with E-state index in [0.29, 0.717) is 0 Å². The van der Waals surface area contributed by atoms with Crippen LogP contribution in [0.25, 0.3) is 0 Å². The maximum atomic E-state index is 12.6. The summed E-state index contributed by atoms with van der Waals surface area (Å²) in [6, 6.07) is 6.01. The van der Waals surface area contributed by atoms with Crippen molar-refractivity contribution in [3.63, 3.8) is 0 Å². The molecule has 0 unspecified atom stereocenters. The van der Waals surface area contributed by atoms with Crippen LogP contribution in [0.1, 0.15) is 30.5 Å². The number of hydrogen-bond acceptors (Lipinski definition) is 1. The lowest BCUT2D eigenvalue weighted by molar-refractivity contribution is 0.235. The first-order valence-corrected chi connectivity index (χ1v) is 5.40. The van der Waals surface area contributed by atoms with Gasteiger partial charge in [0.15, 0.2) is 0 Å². The monoisotopic (exact) mass is 207 g/mol. The van der Waals surface area contributed by atoms with Crippen LogP contribution in [0.2, 0.25) is 0 Å². The summed E-state index contributed by atoms with van der Waals surface area (Å²) in [6.07, 6.45) is 0. The third kappa shape index (κ3) is 1.91. The molecule has 2 rings (SSSR count). The molecule has 82 valence electrons. The molecule has 1 aromatic carbocycles. The van der Waals surface area contributed by atoms with Crippen molar-refractivity contribution in [3.8, 4) is 0 Å². The minimum atomic E-state index is -0.364. The molecule has 0 radical (unpaired) electrons. The Balaban J connectivity index is 2.47. The Labute approximate surface area is 90.9 Å². The van der Waals surface area contributed by atoms with E-state index in [0.717, 1.165) is 18.7 Å². The van der Waals surface area contributed by atoms with Crippen LogP contribution in [0.4, 0.5) is 4.39 Å². The van der Waals surface area contributed by atoms with Crippen molar-refractivity contribution in [2.75, 3.05) is 13.6 Å². The van der Waals surface area contributed by atoms with Crippen LogP contribution in [-0.4, -0.2) is 18.5 Å². The Kier molecular flexibility index (Phi) is 2.55. The molecule has 1 aliphatic rings. The summed E-state index contributed by atoms with van der Waals surface area (Å²) in [5.41, 5.74) is 3.62.